The summed E-state index contributed by atoms with van der Waals surface area (Å²) in [7, 11) is 0. The third-order valence-electron chi connectivity index (χ3n) is 2.75. The lowest BCUT2D eigenvalue weighted by Gasteiger charge is -2.09. The molecule has 0 heterocycles. The van der Waals surface area contributed by atoms with Gasteiger partial charge in [0.25, 0.3) is 5.91 Å². The number of halogens is 1. The third kappa shape index (κ3) is 3.37. The molecule has 2 aromatic carbocycles. The average Bonchev–Trinajstić information content (AvgIpc) is 2.39. The average molecular weight is 367 g/mol. The lowest BCUT2D eigenvalue weighted by atomic mass is 10.1. The molecule has 0 spiro atoms. The molecule has 4 N–H and O–H groups in total. The Morgan fingerprint density at radius 3 is 2.68 bits per heavy atom. The van der Waals surface area contributed by atoms with Gasteiger partial charge in [-0.05, 0) is 42.8 Å². The summed E-state index contributed by atoms with van der Waals surface area (Å²) in [6.45, 7) is 1.99. The number of hydrogen-bond acceptors (Lipinski definition) is 3. The first kappa shape index (κ1) is 13.7. The van der Waals surface area contributed by atoms with Gasteiger partial charge in [-0.3, -0.25) is 4.79 Å². The number of nitrogens with one attached hydrogen (secondary N) is 2. The lowest BCUT2D eigenvalue weighted by molar-refractivity contribution is 0.102. The molecule has 0 radical (unpaired) electrons. The number of aryl methyl sites for hydroxylation is 1. The number of anilines is 3. The first-order valence-electron chi connectivity index (χ1n) is 5.74. The zero-order chi connectivity index (χ0) is 13.8. The zero-order valence-corrected chi connectivity index (χ0v) is 12.6. The summed E-state index contributed by atoms with van der Waals surface area (Å²) in [5.41, 5.74) is 9.61. The van der Waals surface area contributed by atoms with Gasteiger partial charge in [0.2, 0.25) is 0 Å². The van der Waals surface area contributed by atoms with Crippen LogP contribution in [0.2, 0.25) is 0 Å². The fraction of sp³-hybridized carbons (Fsp3) is 0.0714. The summed E-state index contributed by atoms with van der Waals surface area (Å²) in [5.74, 6) is -0.154. The van der Waals surface area contributed by atoms with E-state index in [9.17, 15) is 4.79 Å². The second kappa shape index (κ2) is 5.92. The summed E-state index contributed by atoms with van der Waals surface area (Å²) >= 11 is 2.05. The highest BCUT2D eigenvalue weighted by Gasteiger charge is 2.08. The van der Waals surface area contributed by atoms with E-state index in [1.165, 1.54) is 0 Å². The van der Waals surface area contributed by atoms with Crippen molar-refractivity contribution in [2.24, 2.45) is 0 Å². The predicted molar refractivity (Wildman–Crippen MR) is 87.6 cm³/mol. The van der Waals surface area contributed by atoms with Crippen LogP contribution in [0, 0.1) is 6.92 Å². The number of carbonyl (C=O) groups excluding carboxylic acids is 1. The van der Waals surface area contributed by atoms with Gasteiger partial charge in [-0.1, -0.05) is 12.1 Å². The molecule has 98 valence electrons. The van der Waals surface area contributed by atoms with E-state index in [4.69, 9.17) is 5.73 Å². The lowest BCUT2D eigenvalue weighted by Crippen LogP contribution is -2.12. The van der Waals surface area contributed by atoms with E-state index in [1.807, 2.05) is 41.9 Å². The maximum atomic E-state index is 12.1. The fourth-order valence-electron chi connectivity index (χ4n) is 1.68. The number of hydrogen-bond donors (Lipinski definition) is 3. The normalized spacial score (nSPS) is 10.0. The Morgan fingerprint density at radius 1 is 1.21 bits per heavy atom. The van der Waals surface area contributed by atoms with E-state index >= 15 is 0 Å². The minimum Gasteiger partial charge on any atom is -0.399 e. The standard InChI is InChI=1S/C14H14IN3O/c1-9-5-6-10(7-13(9)18-15)14(19)17-12-4-2-3-11(16)8-12/h2-8,18H,16H2,1H3,(H,17,19). The number of rotatable bonds is 3. The van der Waals surface area contributed by atoms with Gasteiger partial charge in [0, 0.05) is 22.6 Å². The number of carbonyl (C=O) groups is 1. The predicted octanol–water partition coefficient (Wildman–Crippen LogP) is 3.59. The van der Waals surface area contributed by atoms with Gasteiger partial charge in [0.15, 0.2) is 0 Å². The van der Waals surface area contributed by atoms with Crippen LogP contribution in [0.5, 0.6) is 0 Å². The molecule has 0 unspecified atom stereocenters. The van der Waals surface area contributed by atoms with Crippen LogP contribution in [0.1, 0.15) is 15.9 Å². The van der Waals surface area contributed by atoms with Gasteiger partial charge >= 0.3 is 0 Å². The monoisotopic (exact) mass is 367 g/mol. The molecule has 4 nitrogen and oxygen atoms in total. The van der Waals surface area contributed by atoms with Crippen molar-refractivity contribution in [2.45, 2.75) is 6.92 Å². The van der Waals surface area contributed by atoms with Crippen LogP contribution in [-0.4, -0.2) is 5.91 Å². The van der Waals surface area contributed by atoms with Gasteiger partial charge in [-0.2, -0.15) is 0 Å². The largest absolute Gasteiger partial charge is 0.399 e. The molecule has 0 saturated carbocycles. The van der Waals surface area contributed by atoms with Crippen LogP contribution < -0.4 is 14.6 Å². The Morgan fingerprint density at radius 2 is 2.00 bits per heavy atom. The number of nitrogens with two attached hydrogens (primary N) is 1. The van der Waals surface area contributed by atoms with E-state index in [0.29, 0.717) is 16.9 Å². The van der Waals surface area contributed by atoms with Crippen molar-refractivity contribution >= 4 is 45.8 Å². The van der Waals surface area contributed by atoms with Crippen molar-refractivity contribution in [2.75, 3.05) is 14.6 Å². The first-order chi connectivity index (χ1) is 9.10. The van der Waals surface area contributed by atoms with E-state index in [0.717, 1.165) is 11.3 Å². The molecule has 2 rings (SSSR count). The molecule has 0 saturated heterocycles. The molecular weight excluding hydrogens is 353 g/mol. The minimum absolute atomic E-state index is 0.154. The van der Waals surface area contributed by atoms with Crippen LogP contribution in [0.4, 0.5) is 17.1 Å². The molecule has 5 heteroatoms. The molecule has 0 bridgehead atoms. The Bertz CT molecular complexity index is 613. The molecule has 1 amide bonds. The molecule has 0 atom stereocenters. The van der Waals surface area contributed by atoms with Gasteiger partial charge in [-0.15, -0.1) is 0 Å². The molecule has 0 aliphatic heterocycles. The first-order valence-corrected chi connectivity index (χ1v) is 6.82. The summed E-state index contributed by atoms with van der Waals surface area (Å²) in [6, 6.07) is 12.6. The van der Waals surface area contributed by atoms with Gasteiger partial charge < -0.3 is 14.6 Å². The SMILES string of the molecule is Cc1ccc(C(=O)Nc2cccc(N)c2)cc1NI. The Labute approximate surface area is 125 Å². The summed E-state index contributed by atoms with van der Waals surface area (Å²) in [4.78, 5) is 12.1. The second-order valence-electron chi connectivity index (χ2n) is 4.20. The molecule has 2 aromatic rings. The Balaban J connectivity index is 2.20. The number of nitrogen functional groups attached to an aromatic ring is 1. The molecule has 19 heavy (non-hydrogen) atoms. The smallest absolute Gasteiger partial charge is 0.255 e. The van der Waals surface area contributed by atoms with Crippen LogP contribution in [0.15, 0.2) is 42.5 Å². The number of amides is 1. The molecule has 0 fully saturated rings. The Kier molecular flexibility index (Phi) is 4.26. The third-order valence-corrected chi connectivity index (χ3v) is 3.33. The van der Waals surface area contributed by atoms with Crippen molar-refractivity contribution in [1.29, 1.82) is 0 Å². The molecule has 0 aliphatic rings. The maximum Gasteiger partial charge on any atom is 0.255 e. The van der Waals surface area contributed by atoms with Crippen LogP contribution in [0.25, 0.3) is 0 Å². The van der Waals surface area contributed by atoms with Crippen LogP contribution in [-0.2, 0) is 0 Å². The van der Waals surface area contributed by atoms with E-state index < -0.39 is 0 Å². The summed E-state index contributed by atoms with van der Waals surface area (Å²) in [6.07, 6.45) is 0. The van der Waals surface area contributed by atoms with E-state index in [1.54, 1.807) is 30.3 Å². The highest BCUT2D eigenvalue weighted by molar-refractivity contribution is 14.1. The van der Waals surface area contributed by atoms with Crippen LogP contribution >= 0.6 is 22.9 Å². The maximum absolute atomic E-state index is 12.1. The molecule has 0 aliphatic carbocycles. The quantitative estimate of drug-likeness (QED) is 0.441. The zero-order valence-electron chi connectivity index (χ0n) is 10.4. The van der Waals surface area contributed by atoms with E-state index in [2.05, 4.69) is 8.85 Å². The highest BCUT2D eigenvalue weighted by Crippen LogP contribution is 2.20. The minimum atomic E-state index is -0.154. The molecule has 0 aromatic heterocycles. The highest BCUT2D eigenvalue weighted by atomic mass is 127. The van der Waals surface area contributed by atoms with Crippen molar-refractivity contribution in [3.8, 4) is 0 Å². The van der Waals surface area contributed by atoms with Crippen LogP contribution in [0.3, 0.4) is 0 Å². The van der Waals surface area contributed by atoms with Gasteiger partial charge in [-0.25, -0.2) is 0 Å². The second-order valence-corrected chi connectivity index (χ2v) is 4.74. The molecular formula is C14H14IN3O. The summed E-state index contributed by atoms with van der Waals surface area (Å²) in [5, 5.41) is 2.82. The Hall–Kier alpha value is -1.76. The fourth-order valence-corrected chi connectivity index (χ4v) is 2.27. The van der Waals surface area contributed by atoms with Gasteiger partial charge in [0.1, 0.15) is 0 Å². The summed E-state index contributed by atoms with van der Waals surface area (Å²) < 4.78 is 3.03. The van der Waals surface area contributed by atoms with Crippen molar-refractivity contribution in [3.05, 3.63) is 53.6 Å². The topological polar surface area (TPSA) is 67.2 Å². The van der Waals surface area contributed by atoms with Crippen molar-refractivity contribution in [1.82, 2.24) is 0 Å². The van der Waals surface area contributed by atoms with Crippen molar-refractivity contribution < 1.29 is 4.79 Å². The van der Waals surface area contributed by atoms with Crippen molar-refractivity contribution in [3.63, 3.8) is 0 Å². The van der Waals surface area contributed by atoms with E-state index in [-0.39, 0.29) is 5.91 Å². The van der Waals surface area contributed by atoms with Gasteiger partial charge in [0.05, 0.1) is 22.9 Å². The number of benzene rings is 2.